The van der Waals surface area contributed by atoms with E-state index in [0.717, 1.165) is 11.1 Å². The minimum atomic E-state index is -0.843. The molecular formula is C23H30N2O4. The number of nitrogens with one attached hydrogen (secondary N) is 2. The van der Waals surface area contributed by atoms with Crippen LogP contribution < -0.4 is 10.6 Å². The standard InChI is InChI=1S/C23H30N2O4/c1-23(2,3)29-22(27)25-20(17-28-16-19-12-8-5-9-13-19)21(26)24-15-14-18-10-6-4-7-11-18/h4-13,20H,14-17H2,1-3H3,(H,24,26)(H,25,27)/t20-/m1/s1. The topological polar surface area (TPSA) is 76.7 Å². The lowest BCUT2D eigenvalue weighted by atomic mass is 10.1. The first-order chi connectivity index (χ1) is 13.8. The van der Waals surface area contributed by atoms with Gasteiger partial charge in [-0.15, -0.1) is 0 Å². The highest BCUT2D eigenvalue weighted by Gasteiger charge is 2.24. The molecule has 2 amide bonds. The first kappa shape index (κ1) is 22.4. The molecule has 0 aliphatic heterocycles. The molecule has 29 heavy (non-hydrogen) atoms. The molecule has 6 heteroatoms. The number of alkyl carbamates (subject to hydrolysis) is 1. The van der Waals surface area contributed by atoms with Crippen molar-refractivity contribution in [2.75, 3.05) is 13.2 Å². The van der Waals surface area contributed by atoms with Gasteiger partial charge in [0.1, 0.15) is 11.6 Å². The molecule has 6 nitrogen and oxygen atoms in total. The Hall–Kier alpha value is -2.86. The largest absolute Gasteiger partial charge is 0.444 e. The number of hydrogen-bond acceptors (Lipinski definition) is 4. The highest BCUT2D eigenvalue weighted by Crippen LogP contribution is 2.07. The number of amides is 2. The number of ether oxygens (including phenoxy) is 2. The Kier molecular flexibility index (Phi) is 8.68. The molecule has 0 radical (unpaired) electrons. The van der Waals surface area contributed by atoms with Crippen molar-refractivity contribution in [2.45, 2.75) is 45.4 Å². The Morgan fingerprint density at radius 2 is 1.52 bits per heavy atom. The maximum Gasteiger partial charge on any atom is 0.408 e. The second-order valence-corrected chi connectivity index (χ2v) is 7.73. The molecule has 0 saturated heterocycles. The maximum absolute atomic E-state index is 12.6. The van der Waals surface area contributed by atoms with Crippen LogP contribution in [0.1, 0.15) is 31.9 Å². The fourth-order valence-electron chi connectivity index (χ4n) is 2.60. The molecule has 0 fully saturated rings. The Balaban J connectivity index is 1.88. The third-order valence-electron chi connectivity index (χ3n) is 3.96. The summed E-state index contributed by atoms with van der Waals surface area (Å²) < 4.78 is 10.9. The first-order valence-corrected chi connectivity index (χ1v) is 9.76. The summed E-state index contributed by atoms with van der Waals surface area (Å²) >= 11 is 0. The van der Waals surface area contributed by atoms with E-state index in [1.165, 1.54) is 0 Å². The number of rotatable bonds is 9. The number of carbonyl (C=O) groups excluding carboxylic acids is 2. The van der Waals surface area contributed by atoms with Crippen LogP contribution in [0.3, 0.4) is 0 Å². The minimum absolute atomic E-state index is 0.0469. The van der Waals surface area contributed by atoms with E-state index in [1.54, 1.807) is 20.8 Å². The molecule has 0 bridgehead atoms. The third-order valence-corrected chi connectivity index (χ3v) is 3.96. The average Bonchev–Trinajstić information content (AvgIpc) is 2.67. The van der Waals surface area contributed by atoms with Gasteiger partial charge in [-0.25, -0.2) is 4.79 Å². The van der Waals surface area contributed by atoms with Gasteiger partial charge in [0.15, 0.2) is 0 Å². The summed E-state index contributed by atoms with van der Waals surface area (Å²) in [6, 6.07) is 18.7. The highest BCUT2D eigenvalue weighted by atomic mass is 16.6. The monoisotopic (exact) mass is 398 g/mol. The molecule has 0 unspecified atom stereocenters. The van der Waals surface area contributed by atoms with Gasteiger partial charge in [-0.2, -0.15) is 0 Å². The van der Waals surface area contributed by atoms with Gasteiger partial charge in [-0.1, -0.05) is 60.7 Å². The van der Waals surface area contributed by atoms with Gasteiger partial charge in [0.2, 0.25) is 5.91 Å². The van der Waals surface area contributed by atoms with Crippen LogP contribution in [-0.4, -0.2) is 36.8 Å². The van der Waals surface area contributed by atoms with Gasteiger partial charge in [-0.3, -0.25) is 4.79 Å². The van der Waals surface area contributed by atoms with Gasteiger partial charge in [0.05, 0.1) is 13.2 Å². The van der Waals surface area contributed by atoms with Crippen molar-refractivity contribution < 1.29 is 19.1 Å². The summed E-state index contributed by atoms with van der Waals surface area (Å²) in [5.74, 6) is -0.306. The van der Waals surface area contributed by atoms with E-state index in [9.17, 15) is 9.59 Å². The van der Waals surface area contributed by atoms with Crippen LogP contribution in [0, 0.1) is 0 Å². The van der Waals surface area contributed by atoms with Crippen LogP contribution in [-0.2, 0) is 27.3 Å². The van der Waals surface area contributed by atoms with Crippen molar-refractivity contribution in [3.63, 3.8) is 0 Å². The molecule has 0 heterocycles. The van der Waals surface area contributed by atoms with Gasteiger partial charge in [0.25, 0.3) is 0 Å². The summed E-state index contributed by atoms with van der Waals surface area (Å²) in [5.41, 5.74) is 1.47. The Morgan fingerprint density at radius 3 is 2.10 bits per heavy atom. The van der Waals surface area contributed by atoms with Crippen LogP contribution in [0.15, 0.2) is 60.7 Å². The molecule has 0 saturated carbocycles. The lowest BCUT2D eigenvalue weighted by molar-refractivity contribution is -0.124. The van der Waals surface area contributed by atoms with Gasteiger partial charge >= 0.3 is 6.09 Å². The van der Waals surface area contributed by atoms with Crippen LogP contribution in [0.5, 0.6) is 0 Å². The SMILES string of the molecule is CC(C)(C)OC(=O)N[C@H](COCc1ccccc1)C(=O)NCCc1ccccc1. The quantitative estimate of drug-likeness (QED) is 0.678. The Labute approximate surface area is 172 Å². The maximum atomic E-state index is 12.6. The van der Waals surface area contributed by atoms with E-state index in [4.69, 9.17) is 9.47 Å². The third kappa shape index (κ3) is 9.25. The first-order valence-electron chi connectivity index (χ1n) is 9.76. The second kappa shape index (κ2) is 11.2. The molecule has 1 atom stereocenters. The van der Waals surface area contributed by atoms with Crippen molar-refractivity contribution in [3.8, 4) is 0 Å². The Bertz CT molecular complexity index is 757. The predicted molar refractivity (Wildman–Crippen MR) is 112 cm³/mol. The van der Waals surface area contributed by atoms with E-state index >= 15 is 0 Å². The fraction of sp³-hybridized carbons (Fsp3) is 0.391. The lowest BCUT2D eigenvalue weighted by Crippen LogP contribution is -2.50. The van der Waals surface area contributed by atoms with Crippen molar-refractivity contribution in [1.29, 1.82) is 0 Å². The smallest absolute Gasteiger partial charge is 0.408 e. The Morgan fingerprint density at radius 1 is 0.931 bits per heavy atom. The van der Waals surface area contributed by atoms with E-state index in [1.807, 2.05) is 60.7 Å². The summed E-state index contributed by atoms with van der Waals surface area (Å²) in [7, 11) is 0. The fourth-order valence-corrected chi connectivity index (χ4v) is 2.60. The molecule has 2 aromatic rings. The van der Waals surface area contributed by atoms with E-state index in [0.29, 0.717) is 19.6 Å². The average molecular weight is 399 g/mol. The minimum Gasteiger partial charge on any atom is -0.444 e. The van der Waals surface area contributed by atoms with Crippen molar-refractivity contribution in [3.05, 3.63) is 71.8 Å². The molecule has 0 spiro atoms. The van der Waals surface area contributed by atoms with Gasteiger partial charge < -0.3 is 20.1 Å². The van der Waals surface area contributed by atoms with Crippen LogP contribution in [0.25, 0.3) is 0 Å². The molecular weight excluding hydrogens is 368 g/mol. The highest BCUT2D eigenvalue weighted by molar-refractivity contribution is 5.85. The van der Waals surface area contributed by atoms with Crippen LogP contribution >= 0.6 is 0 Å². The summed E-state index contributed by atoms with van der Waals surface area (Å²) in [6.07, 6.45) is 0.0559. The van der Waals surface area contributed by atoms with Crippen molar-refractivity contribution in [2.24, 2.45) is 0 Å². The van der Waals surface area contributed by atoms with Crippen LogP contribution in [0.2, 0.25) is 0 Å². The van der Waals surface area contributed by atoms with Gasteiger partial charge in [0, 0.05) is 6.54 Å². The van der Waals surface area contributed by atoms with Gasteiger partial charge in [-0.05, 0) is 38.3 Å². The number of carbonyl (C=O) groups is 2. The molecule has 0 aliphatic carbocycles. The molecule has 0 aromatic heterocycles. The summed E-state index contributed by atoms with van der Waals surface area (Å²) in [4.78, 5) is 24.7. The zero-order chi connectivity index (χ0) is 21.1. The van der Waals surface area contributed by atoms with Crippen molar-refractivity contribution >= 4 is 12.0 Å². The van der Waals surface area contributed by atoms with Crippen LogP contribution in [0.4, 0.5) is 4.79 Å². The molecule has 2 aromatic carbocycles. The van der Waals surface area contributed by atoms with E-state index < -0.39 is 17.7 Å². The number of hydrogen-bond donors (Lipinski definition) is 2. The van der Waals surface area contributed by atoms with E-state index in [2.05, 4.69) is 10.6 Å². The molecule has 0 aliphatic rings. The van der Waals surface area contributed by atoms with Crippen molar-refractivity contribution in [1.82, 2.24) is 10.6 Å². The lowest BCUT2D eigenvalue weighted by Gasteiger charge is -2.23. The molecule has 2 rings (SSSR count). The summed E-state index contributed by atoms with van der Waals surface area (Å²) in [6.45, 7) is 6.18. The zero-order valence-corrected chi connectivity index (χ0v) is 17.3. The predicted octanol–water partition coefficient (Wildman–Crippen LogP) is 3.46. The summed E-state index contributed by atoms with van der Waals surface area (Å²) in [5, 5.41) is 5.47. The normalized spacial score (nSPS) is 12.1. The van der Waals surface area contributed by atoms with E-state index in [-0.39, 0.29) is 12.5 Å². The molecule has 2 N–H and O–H groups in total. The number of benzene rings is 2. The second-order valence-electron chi connectivity index (χ2n) is 7.73. The zero-order valence-electron chi connectivity index (χ0n) is 17.3. The molecule has 156 valence electrons.